The average molecular weight is 466 g/mol. The number of hydrogen-bond acceptors (Lipinski definition) is 5. The highest BCUT2D eigenvalue weighted by atomic mass is 16.5. The monoisotopic (exact) mass is 465 g/mol. The molecular weight excluding hydrogens is 442 g/mol. The van der Waals surface area contributed by atoms with Crippen LogP contribution in [0.2, 0.25) is 0 Å². The minimum absolute atomic E-state index is 0.0166. The summed E-state index contributed by atoms with van der Waals surface area (Å²) < 4.78 is 17.1. The zero-order valence-corrected chi connectivity index (χ0v) is 19.0. The third kappa shape index (κ3) is 4.09. The first-order valence-corrected chi connectivity index (χ1v) is 11.7. The number of aromatic nitrogens is 1. The van der Waals surface area contributed by atoms with E-state index in [2.05, 4.69) is 28.5 Å². The molecule has 3 aromatic carbocycles. The Kier molecular flexibility index (Phi) is 5.36. The highest BCUT2D eigenvalue weighted by molar-refractivity contribution is 5.99. The Bertz CT molecular complexity index is 1480. The van der Waals surface area contributed by atoms with Gasteiger partial charge in [0, 0.05) is 35.0 Å². The molecule has 1 aromatic heterocycles. The first kappa shape index (κ1) is 21.3. The van der Waals surface area contributed by atoms with Gasteiger partial charge in [0.15, 0.2) is 6.61 Å². The van der Waals surface area contributed by atoms with Gasteiger partial charge in [0.05, 0.1) is 24.5 Å². The zero-order chi connectivity index (χ0) is 23.8. The van der Waals surface area contributed by atoms with Gasteiger partial charge in [-0.25, -0.2) is 0 Å². The molecule has 0 bridgehead atoms. The van der Waals surface area contributed by atoms with Crippen LogP contribution < -0.4 is 14.8 Å². The van der Waals surface area contributed by atoms with Crippen molar-refractivity contribution in [1.82, 2.24) is 4.98 Å². The van der Waals surface area contributed by atoms with E-state index in [1.165, 1.54) is 0 Å². The van der Waals surface area contributed by atoms with Gasteiger partial charge in [-0.3, -0.25) is 4.79 Å². The average Bonchev–Trinajstić information content (AvgIpc) is 3.34. The summed E-state index contributed by atoms with van der Waals surface area (Å²) in [6.07, 6.45) is 1.74. The standard InChI is InChI=1S/C28H23N3O4/c29-15-19-12-17(5-7-26(19)35-20-8-10-33-11-9-20)21-2-1-3-23-22(21)14-25(30-23)18-4-6-24-27(13-18)34-16-28(32)31-24/h1-7,12-14,20,30H,8-11,16H2,(H,31,32). The quantitative estimate of drug-likeness (QED) is 0.428. The maximum absolute atomic E-state index is 11.6. The number of ether oxygens (including phenoxy) is 3. The molecule has 1 fully saturated rings. The number of nitriles is 1. The van der Waals surface area contributed by atoms with Crippen LogP contribution >= 0.6 is 0 Å². The molecule has 7 heteroatoms. The molecule has 4 aromatic rings. The number of anilines is 1. The fourth-order valence-corrected chi connectivity index (χ4v) is 4.67. The van der Waals surface area contributed by atoms with Crippen molar-refractivity contribution < 1.29 is 19.0 Å². The van der Waals surface area contributed by atoms with Crippen molar-refractivity contribution in [3.05, 3.63) is 66.2 Å². The van der Waals surface area contributed by atoms with E-state index in [-0.39, 0.29) is 18.6 Å². The van der Waals surface area contributed by atoms with Crippen LogP contribution in [0.15, 0.2) is 60.7 Å². The molecule has 0 aliphatic carbocycles. The number of H-pyrrole nitrogens is 1. The predicted octanol–water partition coefficient (Wildman–Crippen LogP) is 5.26. The number of carbonyl (C=O) groups is 1. The molecule has 2 aliphatic rings. The van der Waals surface area contributed by atoms with E-state index in [4.69, 9.17) is 14.2 Å². The van der Waals surface area contributed by atoms with E-state index in [1.807, 2.05) is 48.5 Å². The van der Waals surface area contributed by atoms with Crippen molar-refractivity contribution in [2.75, 3.05) is 25.1 Å². The first-order chi connectivity index (χ1) is 17.2. The van der Waals surface area contributed by atoms with E-state index in [0.29, 0.717) is 36.0 Å². The topological polar surface area (TPSA) is 96.4 Å². The second-order valence-corrected chi connectivity index (χ2v) is 8.75. The molecule has 0 unspecified atom stereocenters. The minimum atomic E-state index is -0.151. The Labute approximate surface area is 202 Å². The maximum Gasteiger partial charge on any atom is 0.262 e. The van der Waals surface area contributed by atoms with Gasteiger partial charge < -0.3 is 24.5 Å². The Morgan fingerprint density at radius 3 is 2.71 bits per heavy atom. The van der Waals surface area contributed by atoms with Crippen LogP contribution in [0.3, 0.4) is 0 Å². The van der Waals surface area contributed by atoms with Crippen molar-refractivity contribution in [2.45, 2.75) is 18.9 Å². The van der Waals surface area contributed by atoms with Crippen LogP contribution in [0.25, 0.3) is 33.3 Å². The highest BCUT2D eigenvalue weighted by Gasteiger charge is 2.19. The van der Waals surface area contributed by atoms with Crippen molar-refractivity contribution in [1.29, 1.82) is 5.26 Å². The molecule has 3 heterocycles. The van der Waals surface area contributed by atoms with Crippen LogP contribution in [0.4, 0.5) is 5.69 Å². The maximum atomic E-state index is 11.6. The Balaban J connectivity index is 1.34. The van der Waals surface area contributed by atoms with Crippen molar-refractivity contribution in [3.8, 4) is 40.0 Å². The lowest BCUT2D eigenvalue weighted by molar-refractivity contribution is -0.118. The molecule has 0 atom stereocenters. The number of aromatic amines is 1. The van der Waals surface area contributed by atoms with Crippen LogP contribution in [0.5, 0.6) is 11.5 Å². The van der Waals surface area contributed by atoms with E-state index >= 15 is 0 Å². The second kappa shape index (κ2) is 8.82. The molecule has 35 heavy (non-hydrogen) atoms. The number of fused-ring (bicyclic) bond motifs is 2. The summed E-state index contributed by atoms with van der Waals surface area (Å²) in [6.45, 7) is 1.39. The number of benzene rings is 3. The number of rotatable bonds is 4. The fourth-order valence-electron chi connectivity index (χ4n) is 4.67. The van der Waals surface area contributed by atoms with Crippen molar-refractivity contribution in [3.63, 3.8) is 0 Å². The third-order valence-corrected chi connectivity index (χ3v) is 6.46. The van der Waals surface area contributed by atoms with Crippen LogP contribution in [-0.4, -0.2) is 36.8 Å². The molecule has 0 radical (unpaired) electrons. The number of hydrogen-bond donors (Lipinski definition) is 2. The molecule has 0 spiro atoms. The van der Waals surface area contributed by atoms with E-state index in [9.17, 15) is 10.1 Å². The number of nitrogens with one attached hydrogen (secondary N) is 2. The second-order valence-electron chi connectivity index (χ2n) is 8.75. The SMILES string of the molecule is N#Cc1cc(-c2cccc3[nH]c(-c4ccc5c(c4)OCC(=O)N5)cc23)ccc1OC1CCOCC1. The highest BCUT2D eigenvalue weighted by Crippen LogP contribution is 2.37. The number of nitrogens with zero attached hydrogens (tertiary/aromatic N) is 1. The van der Waals surface area contributed by atoms with Crippen molar-refractivity contribution in [2.24, 2.45) is 0 Å². The van der Waals surface area contributed by atoms with Crippen molar-refractivity contribution >= 4 is 22.5 Å². The van der Waals surface area contributed by atoms with E-state index < -0.39 is 0 Å². The zero-order valence-electron chi connectivity index (χ0n) is 19.0. The summed E-state index contributed by atoms with van der Waals surface area (Å²) in [5.41, 5.74) is 6.07. The Hall–Kier alpha value is -4.28. The molecule has 6 rings (SSSR count). The smallest absolute Gasteiger partial charge is 0.262 e. The lowest BCUT2D eigenvalue weighted by Crippen LogP contribution is -2.26. The lowest BCUT2D eigenvalue weighted by Gasteiger charge is -2.24. The van der Waals surface area contributed by atoms with Crippen LogP contribution in [-0.2, 0) is 9.53 Å². The number of amides is 1. The Morgan fingerprint density at radius 1 is 1.00 bits per heavy atom. The summed E-state index contributed by atoms with van der Waals surface area (Å²) in [6, 6.07) is 22.0. The predicted molar refractivity (Wildman–Crippen MR) is 132 cm³/mol. The van der Waals surface area contributed by atoms with Gasteiger partial charge in [0.2, 0.25) is 0 Å². The molecule has 1 amide bonds. The summed E-state index contributed by atoms with van der Waals surface area (Å²) in [5.74, 6) is 1.12. The molecule has 2 aliphatic heterocycles. The summed E-state index contributed by atoms with van der Waals surface area (Å²) in [7, 11) is 0. The Morgan fingerprint density at radius 2 is 1.86 bits per heavy atom. The fraction of sp³-hybridized carbons (Fsp3) is 0.214. The van der Waals surface area contributed by atoms with Gasteiger partial charge in [0.25, 0.3) is 5.91 Å². The minimum Gasteiger partial charge on any atom is -0.489 e. The first-order valence-electron chi connectivity index (χ1n) is 11.7. The molecule has 174 valence electrons. The largest absolute Gasteiger partial charge is 0.489 e. The van der Waals surface area contributed by atoms with Gasteiger partial charge >= 0.3 is 0 Å². The molecule has 2 N–H and O–H groups in total. The van der Waals surface area contributed by atoms with Crippen LogP contribution in [0, 0.1) is 11.3 Å². The molecule has 0 saturated carbocycles. The van der Waals surface area contributed by atoms with Gasteiger partial charge in [-0.2, -0.15) is 5.26 Å². The number of carbonyl (C=O) groups excluding carboxylic acids is 1. The van der Waals surface area contributed by atoms with Gasteiger partial charge in [-0.15, -0.1) is 0 Å². The summed E-state index contributed by atoms with van der Waals surface area (Å²) >= 11 is 0. The van der Waals surface area contributed by atoms with E-state index in [0.717, 1.165) is 46.1 Å². The van der Waals surface area contributed by atoms with Gasteiger partial charge in [0.1, 0.15) is 23.7 Å². The molecule has 7 nitrogen and oxygen atoms in total. The summed E-state index contributed by atoms with van der Waals surface area (Å²) in [5, 5.41) is 13.7. The lowest BCUT2D eigenvalue weighted by atomic mass is 9.99. The van der Waals surface area contributed by atoms with Gasteiger partial charge in [-0.1, -0.05) is 24.3 Å². The summed E-state index contributed by atoms with van der Waals surface area (Å²) in [4.78, 5) is 15.0. The van der Waals surface area contributed by atoms with Crippen LogP contribution in [0.1, 0.15) is 18.4 Å². The normalized spacial score (nSPS) is 15.7. The third-order valence-electron chi connectivity index (χ3n) is 6.46. The van der Waals surface area contributed by atoms with Gasteiger partial charge in [-0.05, 0) is 47.5 Å². The van der Waals surface area contributed by atoms with E-state index in [1.54, 1.807) is 0 Å². The molecule has 1 saturated heterocycles. The molecular formula is C28H23N3O4.